The Morgan fingerprint density at radius 1 is 1.30 bits per heavy atom. The van der Waals surface area contributed by atoms with Crippen molar-refractivity contribution >= 4 is 0 Å². The molecule has 1 N–H and O–H groups in total. The van der Waals surface area contributed by atoms with E-state index in [0.29, 0.717) is 18.2 Å². The van der Waals surface area contributed by atoms with Crippen LogP contribution >= 0.6 is 0 Å². The molecule has 0 spiro atoms. The minimum absolute atomic E-state index is 0.162. The molecule has 1 saturated heterocycles. The van der Waals surface area contributed by atoms with Gasteiger partial charge in [-0.3, -0.25) is 0 Å². The van der Waals surface area contributed by atoms with E-state index in [0.717, 1.165) is 32.4 Å². The van der Waals surface area contributed by atoms with Crippen LogP contribution in [0.5, 0.6) is 0 Å². The van der Waals surface area contributed by atoms with E-state index in [1.54, 1.807) is 0 Å². The molecule has 1 fully saturated rings. The van der Waals surface area contributed by atoms with Gasteiger partial charge in [-0.25, -0.2) is 0 Å². The standard InChI is InChI=1S/C12H18F3N3O2/c13-12(14,15)8-19-7-10-17-11(20-18-10)2-1-9-3-5-16-6-4-9/h9,16H,1-8H2. The van der Waals surface area contributed by atoms with Crippen LogP contribution in [0.3, 0.4) is 0 Å². The fourth-order valence-electron chi connectivity index (χ4n) is 2.21. The monoisotopic (exact) mass is 293 g/mol. The zero-order valence-electron chi connectivity index (χ0n) is 11.1. The summed E-state index contributed by atoms with van der Waals surface area (Å²) < 4.78 is 45.2. The van der Waals surface area contributed by atoms with Gasteiger partial charge in [0.05, 0.1) is 0 Å². The number of aromatic nitrogens is 2. The Bertz CT molecular complexity index is 403. The summed E-state index contributed by atoms with van der Waals surface area (Å²) in [4.78, 5) is 4.03. The van der Waals surface area contributed by atoms with E-state index >= 15 is 0 Å². The molecular weight excluding hydrogens is 275 g/mol. The minimum atomic E-state index is -4.33. The van der Waals surface area contributed by atoms with Crippen molar-refractivity contribution in [1.29, 1.82) is 0 Å². The van der Waals surface area contributed by atoms with E-state index in [1.165, 1.54) is 0 Å². The average Bonchev–Trinajstić information content (AvgIpc) is 2.84. The van der Waals surface area contributed by atoms with Gasteiger partial charge in [-0.05, 0) is 38.3 Å². The first-order valence-corrected chi connectivity index (χ1v) is 6.69. The Hall–Kier alpha value is -1.15. The topological polar surface area (TPSA) is 60.2 Å². The van der Waals surface area contributed by atoms with Crippen LogP contribution in [0.4, 0.5) is 13.2 Å². The number of halogens is 3. The maximum atomic E-state index is 11.9. The van der Waals surface area contributed by atoms with Gasteiger partial charge in [0.2, 0.25) is 5.89 Å². The van der Waals surface area contributed by atoms with Crippen LogP contribution in [-0.4, -0.2) is 36.0 Å². The fourth-order valence-corrected chi connectivity index (χ4v) is 2.21. The largest absolute Gasteiger partial charge is 0.411 e. The number of nitrogens with zero attached hydrogens (tertiary/aromatic N) is 2. The first-order valence-electron chi connectivity index (χ1n) is 6.69. The molecule has 2 rings (SSSR count). The number of alkyl halides is 3. The number of aryl methyl sites for hydroxylation is 1. The normalized spacial score (nSPS) is 17.6. The van der Waals surface area contributed by atoms with E-state index in [-0.39, 0.29) is 12.4 Å². The molecule has 8 heteroatoms. The number of piperidine rings is 1. The molecule has 20 heavy (non-hydrogen) atoms. The highest BCUT2D eigenvalue weighted by Crippen LogP contribution is 2.18. The molecule has 0 atom stereocenters. The van der Waals surface area contributed by atoms with E-state index in [1.807, 2.05) is 0 Å². The van der Waals surface area contributed by atoms with Crippen LogP contribution < -0.4 is 5.32 Å². The number of ether oxygens (including phenoxy) is 1. The first-order chi connectivity index (χ1) is 9.53. The quantitative estimate of drug-likeness (QED) is 0.870. The van der Waals surface area contributed by atoms with Crippen LogP contribution in [0.1, 0.15) is 31.0 Å². The van der Waals surface area contributed by atoms with Gasteiger partial charge in [0, 0.05) is 6.42 Å². The highest BCUT2D eigenvalue weighted by atomic mass is 19.4. The van der Waals surface area contributed by atoms with E-state index in [4.69, 9.17) is 4.52 Å². The Balaban J connectivity index is 1.69. The van der Waals surface area contributed by atoms with Crippen molar-refractivity contribution in [2.45, 2.75) is 38.5 Å². The maximum Gasteiger partial charge on any atom is 0.411 e. The second-order valence-corrected chi connectivity index (χ2v) is 4.94. The Labute approximate surface area is 114 Å². The molecule has 1 aromatic heterocycles. The summed E-state index contributed by atoms with van der Waals surface area (Å²) in [5.41, 5.74) is 0. The lowest BCUT2D eigenvalue weighted by molar-refractivity contribution is -0.177. The molecule has 0 bridgehead atoms. The van der Waals surface area contributed by atoms with Crippen LogP contribution in [-0.2, 0) is 17.8 Å². The molecule has 0 radical (unpaired) electrons. The summed E-state index contributed by atoms with van der Waals surface area (Å²) in [5.74, 6) is 1.27. The highest BCUT2D eigenvalue weighted by molar-refractivity contribution is 4.85. The van der Waals surface area contributed by atoms with Crippen molar-refractivity contribution in [3.8, 4) is 0 Å². The Morgan fingerprint density at radius 3 is 2.75 bits per heavy atom. The van der Waals surface area contributed by atoms with Gasteiger partial charge in [0.1, 0.15) is 13.2 Å². The third-order valence-electron chi connectivity index (χ3n) is 3.23. The summed E-state index contributed by atoms with van der Waals surface area (Å²) in [6, 6.07) is 0. The summed E-state index contributed by atoms with van der Waals surface area (Å²) in [5, 5.41) is 6.90. The molecule has 114 valence electrons. The smallest absolute Gasteiger partial charge is 0.364 e. The number of hydrogen-bond acceptors (Lipinski definition) is 5. The first kappa shape index (κ1) is 15.2. The molecule has 2 heterocycles. The van der Waals surface area contributed by atoms with Crippen LogP contribution in [0.2, 0.25) is 0 Å². The van der Waals surface area contributed by atoms with Gasteiger partial charge in [-0.1, -0.05) is 5.16 Å². The molecule has 0 saturated carbocycles. The molecule has 5 nitrogen and oxygen atoms in total. The summed E-state index contributed by atoms with van der Waals surface area (Å²) in [6.07, 6.45) is -0.434. The SMILES string of the molecule is FC(F)(F)COCc1noc(CCC2CCNCC2)n1. The van der Waals surface area contributed by atoms with Gasteiger partial charge in [0.25, 0.3) is 0 Å². The second kappa shape index (κ2) is 7.03. The lowest BCUT2D eigenvalue weighted by Gasteiger charge is -2.21. The number of rotatable bonds is 6. The van der Waals surface area contributed by atoms with E-state index in [2.05, 4.69) is 20.2 Å². The maximum absolute atomic E-state index is 11.9. The van der Waals surface area contributed by atoms with E-state index in [9.17, 15) is 13.2 Å². The molecule has 0 amide bonds. The summed E-state index contributed by atoms with van der Waals surface area (Å²) >= 11 is 0. The number of nitrogens with one attached hydrogen (secondary N) is 1. The molecule has 1 aromatic rings. The van der Waals surface area contributed by atoms with Crippen LogP contribution in [0.25, 0.3) is 0 Å². The summed E-state index contributed by atoms with van der Waals surface area (Å²) in [7, 11) is 0. The molecule has 1 aliphatic rings. The Morgan fingerprint density at radius 2 is 2.05 bits per heavy atom. The van der Waals surface area contributed by atoms with E-state index < -0.39 is 12.8 Å². The third-order valence-corrected chi connectivity index (χ3v) is 3.23. The highest BCUT2D eigenvalue weighted by Gasteiger charge is 2.27. The van der Waals surface area contributed by atoms with Gasteiger partial charge in [-0.15, -0.1) is 0 Å². The van der Waals surface area contributed by atoms with Crippen LogP contribution in [0.15, 0.2) is 4.52 Å². The zero-order valence-corrected chi connectivity index (χ0v) is 11.1. The average molecular weight is 293 g/mol. The van der Waals surface area contributed by atoms with Crippen molar-refractivity contribution < 1.29 is 22.4 Å². The number of hydrogen-bond donors (Lipinski definition) is 1. The van der Waals surface area contributed by atoms with Gasteiger partial charge >= 0.3 is 6.18 Å². The Kier molecular flexibility index (Phi) is 5.36. The fraction of sp³-hybridized carbons (Fsp3) is 0.833. The van der Waals surface area contributed by atoms with Crippen molar-refractivity contribution in [3.63, 3.8) is 0 Å². The third kappa shape index (κ3) is 5.46. The van der Waals surface area contributed by atoms with Gasteiger partial charge < -0.3 is 14.6 Å². The molecule has 0 aromatic carbocycles. The molecular formula is C12H18F3N3O2. The second-order valence-electron chi connectivity index (χ2n) is 4.94. The lowest BCUT2D eigenvalue weighted by atomic mass is 9.93. The van der Waals surface area contributed by atoms with Crippen molar-refractivity contribution in [2.75, 3.05) is 19.7 Å². The summed E-state index contributed by atoms with van der Waals surface area (Å²) in [6.45, 7) is 0.484. The zero-order chi connectivity index (χ0) is 14.4. The molecule has 0 aliphatic carbocycles. The minimum Gasteiger partial charge on any atom is -0.364 e. The van der Waals surface area contributed by atoms with Crippen LogP contribution in [0, 0.1) is 5.92 Å². The van der Waals surface area contributed by atoms with Crippen molar-refractivity contribution in [2.24, 2.45) is 5.92 Å². The predicted octanol–water partition coefficient (Wildman–Crippen LogP) is 2.08. The van der Waals surface area contributed by atoms with Crippen molar-refractivity contribution in [1.82, 2.24) is 15.5 Å². The van der Waals surface area contributed by atoms with Gasteiger partial charge in [0.15, 0.2) is 5.82 Å². The van der Waals surface area contributed by atoms with Crippen molar-refractivity contribution in [3.05, 3.63) is 11.7 Å². The molecule has 1 aliphatic heterocycles. The predicted molar refractivity (Wildman–Crippen MR) is 63.9 cm³/mol. The van der Waals surface area contributed by atoms with Gasteiger partial charge in [-0.2, -0.15) is 18.2 Å². The molecule has 0 unspecified atom stereocenters. The lowest BCUT2D eigenvalue weighted by Crippen LogP contribution is -2.27.